The lowest BCUT2D eigenvalue weighted by Gasteiger charge is -2.37. The first-order chi connectivity index (χ1) is 9.83. The van der Waals surface area contributed by atoms with Gasteiger partial charge in [0.05, 0.1) is 0 Å². The topological polar surface area (TPSA) is 34.0 Å². The molecule has 4 rings (SSSR count). The maximum Gasteiger partial charge on any atom is 0.258 e. The fourth-order valence-electron chi connectivity index (χ4n) is 3.63. The second-order valence-electron chi connectivity index (χ2n) is 5.91. The van der Waals surface area contributed by atoms with Crippen molar-refractivity contribution in [3.05, 3.63) is 58.5 Å². The molecular formula is C17H18N2O. The van der Waals surface area contributed by atoms with Crippen molar-refractivity contribution >= 4 is 0 Å². The molecule has 20 heavy (non-hydrogen) atoms. The summed E-state index contributed by atoms with van der Waals surface area (Å²) in [5, 5.41) is 3.48. The van der Waals surface area contributed by atoms with E-state index in [1.165, 1.54) is 12.1 Å². The molecule has 1 N–H and O–H groups in total. The fourth-order valence-corrected chi connectivity index (χ4v) is 3.63. The van der Waals surface area contributed by atoms with E-state index >= 15 is 0 Å². The van der Waals surface area contributed by atoms with Gasteiger partial charge in [-0.15, -0.1) is 0 Å². The molecule has 2 aliphatic heterocycles. The third kappa shape index (κ3) is 1.81. The van der Waals surface area contributed by atoms with Crippen molar-refractivity contribution in [3.63, 3.8) is 0 Å². The van der Waals surface area contributed by atoms with Crippen LogP contribution in [-0.2, 0) is 6.54 Å². The van der Waals surface area contributed by atoms with Crippen LogP contribution in [0.1, 0.15) is 18.0 Å². The van der Waals surface area contributed by atoms with Crippen molar-refractivity contribution < 1.29 is 0 Å². The van der Waals surface area contributed by atoms with Gasteiger partial charge in [-0.3, -0.25) is 4.79 Å². The predicted molar refractivity (Wildman–Crippen MR) is 79.9 cm³/mol. The minimum atomic E-state index is 0.172. The number of hydrogen-bond acceptors (Lipinski definition) is 2. The van der Waals surface area contributed by atoms with Crippen molar-refractivity contribution in [1.29, 1.82) is 0 Å². The smallest absolute Gasteiger partial charge is 0.258 e. The summed E-state index contributed by atoms with van der Waals surface area (Å²) in [6, 6.07) is 14.1. The van der Waals surface area contributed by atoms with Crippen LogP contribution in [-0.4, -0.2) is 17.7 Å². The Labute approximate surface area is 118 Å². The van der Waals surface area contributed by atoms with Crippen LogP contribution in [0.5, 0.6) is 0 Å². The number of hydrogen-bond donors (Lipinski definition) is 1. The van der Waals surface area contributed by atoms with Crippen molar-refractivity contribution in [2.24, 2.45) is 5.92 Å². The van der Waals surface area contributed by atoms with E-state index in [1.807, 2.05) is 41.0 Å². The number of pyridine rings is 1. The SMILES string of the molecule is O=c1c(-c2ccccc2)ccc2n1C[C@@H]1CNC[C@H]2C1. The van der Waals surface area contributed by atoms with E-state index in [1.54, 1.807) is 0 Å². The molecule has 0 saturated carbocycles. The molecule has 0 unspecified atom stereocenters. The quantitative estimate of drug-likeness (QED) is 0.858. The normalized spacial score (nSPS) is 24.2. The van der Waals surface area contributed by atoms with Crippen LogP contribution in [0.25, 0.3) is 11.1 Å². The average molecular weight is 266 g/mol. The molecule has 3 heteroatoms. The summed E-state index contributed by atoms with van der Waals surface area (Å²) < 4.78 is 2.02. The lowest BCUT2D eigenvalue weighted by Crippen LogP contribution is -2.45. The van der Waals surface area contributed by atoms with E-state index in [4.69, 9.17) is 0 Å². The molecule has 0 spiro atoms. The van der Waals surface area contributed by atoms with Crippen molar-refractivity contribution in [2.45, 2.75) is 18.9 Å². The molecular weight excluding hydrogens is 248 g/mol. The number of piperidine rings is 1. The summed E-state index contributed by atoms with van der Waals surface area (Å²) in [4.78, 5) is 12.8. The van der Waals surface area contributed by atoms with E-state index in [0.717, 1.165) is 30.8 Å². The van der Waals surface area contributed by atoms with Gasteiger partial charge in [0, 0.05) is 30.3 Å². The van der Waals surface area contributed by atoms with E-state index in [-0.39, 0.29) is 5.56 Å². The number of benzene rings is 1. The Balaban J connectivity index is 1.86. The molecule has 102 valence electrons. The van der Waals surface area contributed by atoms with Crippen LogP contribution in [0.4, 0.5) is 0 Å². The molecule has 2 aliphatic rings. The summed E-state index contributed by atoms with van der Waals surface area (Å²) in [7, 11) is 0. The molecule has 1 aromatic heterocycles. The highest BCUT2D eigenvalue weighted by Gasteiger charge is 2.31. The number of rotatable bonds is 1. The highest BCUT2D eigenvalue weighted by atomic mass is 16.1. The van der Waals surface area contributed by atoms with Gasteiger partial charge in [0.25, 0.3) is 5.56 Å². The first-order valence-corrected chi connectivity index (χ1v) is 7.33. The van der Waals surface area contributed by atoms with Gasteiger partial charge in [0.15, 0.2) is 0 Å². The summed E-state index contributed by atoms with van der Waals surface area (Å²) >= 11 is 0. The minimum Gasteiger partial charge on any atom is -0.316 e. The zero-order valence-corrected chi connectivity index (χ0v) is 11.4. The first kappa shape index (κ1) is 11.9. The number of nitrogens with zero attached hydrogens (tertiary/aromatic N) is 1. The summed E-state index contributed by atoms with van der Waals surface area (Å²) in [6.07, 6.45) is 1.22. The molecule has 3 heterocycles. The van der Waals surface area contributed by atoms with Gasteiger partial charge >= 0.3 is 0 Å². The van der Waals surface area contributed by atoms with Crippen molar-refractivity contribution in [2.75, 3.05) is 13.1 Å². The van der Waals surface area contributed by atoms with E-state index in [0.29, 0.717) is 11.8 Å². The van der Waals surface area contributed by atoms with Crippen molar-refractivity contribution in [1.82, 2.24) is 9.88 Å². The van der Waals surface area contributed by atoms with Crippen LogP contribution in [0.15, 0.2) is 47.3 Å². The zero-order valence-electron chi connectivity index (χ0n) is 11.4. The average Bonchev–Trinajstić information content (AvgIpc) is 2.50. The second-order valence-corrected chi connectivity index (χ2v) is 5.91. The highest BCUT2D eigenvalue weighted by molar-refractivity contribution is 5.62. The van der Waals surface area contributed by atoms with Crippen LogP contribution in [0.3, 0.4) is 0 Å². The summed E-state index contributed by atoms with van der Waals surface area (Å²) in [5.41, 5.74) is 3.22. The molecule has 1 aromatic carbocycles. The van der Waals surface area contributed by atoms with E-state index in [9.17, 15) is 4.79 Å². The van der Waals surface area contributed by atoms with Gasteiger partial charge in [-0.2, -0.15) is 0 Å². The standard InChI is InChI=1S/C17H18N2O/c20-17-15(13-4-2-1-3-5-13)6-7-16-14-8-12(9-18-10-14)11-19(16)17/h1-7,12,14,18H,8-11H2/t12-,14+/m0/s1. The first-order valence-electron chi connectivity index (χ1n) is 7.33. The van der Waals surface area contributed by atoms with Crippen LogP contribution in [0.2, 0.25) is 0 Å². The minimum absolute atomic E-state index is 0.172. The molecule has 0 aliphatic carbocycles. The molecule has 2 bridgehead atoms. The maximum atomic E-state index is 12.8. The molecule has 2 aromatic rings. The lowest BCUT2D eigenvalue weighted by atomic mass is 9.84. The largest absolute Gasteiger partial charge is 0.316 e. The van der Waals surface area contributed by atoms with Gasteiger partial charge < -0.3 is 9.88 Å². The molecule has 1 fully saturated rings. The van der Waals surface area contributed by atoms with Gasteiger partial charge in [0.1, 0.15) is 0 Å². The van der Waals surface area contributed by atoms with Crippen molar-refractivity contribution in [3.8, 4) is 11.1 Å². The Bertz CT molecular complexity index is 690. The summed E-state index contributed by atoms with van der Waals surface area (Å²) in [6.45, 7) is 2.90. The van der Waals surface area contributed by atoms with Gasteiger partial charge in [0.2, 0.25) is 0 Å². The van der Waals surface area contributed by atoms with Gasteiger partial charge in [-0.05, 0) is 36.6 Å². The Morgan fingerprint density at radius 2 is 1.90 bits per heavy atom. The van der Waals surface area contributed by atoms with E-state index < -0.39 is 0 Å². The fraction of sp³-hybridized carbons (Fsp3) is 0.353. The predicted octanol–water partition coefficient (Wildman–Crippen LogP) is 2.22. The molecule has 0 radical (unpaired) electrons. The molecule has 2 atom stereocenters. The third-order valence-electron chi connectivity index (χ3n) is 4.59. The molecule has 0 amide bonds. The van der Waals surface area contributed by atoms with Gasteiger partial charge in [-0.1, -0.05) is 30.3 Å². The lowest BCUT2D eigenvalue weighted by molar-refractivity contribution is 0.257. The zero-order chi connectivity index (χ0) is 13.5. The Kier molecular flexibility index (Phi) is 2.74. The molecule has 1 saturated heterocycles. The number of aromatic nitrogens is 1. The molecule has 3 nitrogen and oxygen atoms in total. The monoisotopic (exact) mass is 266 g/mol. The number of fused-ring (bicyclic) bond motifs is 4. The highest BCUT2D eigenvalue weighted by Crippen LogP contribution is 2.32. The van der Waals surface area contributed by atoms with Gasteiger partial charge in [-0.25, -0.2) is 0 Å². The van der Waals surface area contributed by atoms with Crippen LogP contribution < -0.4 is 10.9 Å². The maximum absolute atomic E-state index is 12.8. The number of nitrogens with one attached hydrogen (secondary N) is 1. The summed E-state index contributed by atoms with van der Waals surface area (Å²) in [5.74, 6) is 1.10. The van der Waals surface area contributed by atoms with Crippen LogP contribution >= 0.6 is 0 Å². The van der Waals surface area contributed by atoms with Crippen LogP contribution in [0, 0.1) is 5.92 Å². The second kappa shape index (κ2) is 4.60. The Morgan fingerprint density at radius 1 is 1.05 bits per heavy atom. The third-order valence-corrected chi connectivity index (χ3v) is 4.59. The Hall–Kier alpha value is -1.87. The Morgan fingerprint density at radius 3 is 2.75 bits per heavy atom. The van der Waals surface area contributed by atoms with E-state index in [2.05, 4.69) is 11.4 Å².